The Hall–Kier alpha value is -2.60. The molecule has 0 spiro atoms. The molecule has 0 unspecified atom stereocenters. The molecule has 6 heteroatoms. The van der Waals surface area contributed by atoms with Crippen molar-refractivity contribution in [2.45, 2.75) is 51.2 Å². The molecule has 2 N–H and O–H groups in total. The summed E-state index contributed by atoms with van der Waals surface area (Å²) >= 11 is 0. The highest BCUT2D eigenvalue weighted by atomic mass is 16.4. The molecular formula is C22H28N2O4. The van der Waals surface area contributed by atoms with Gasteiger partial charge in [0.1, 0.15) is 22.7 Å². The topological polar surface area (TPSA) is 82.8 Å². The average molecular weight is 384 g/mol. The zero-order valence-corrected chi connectivity index (χ0v) is 16.7. The molecule has 1 aliphatic heterocycles. The van der Waals surface area contributed by atoms with Crippen molar-refractivity contribution < 1.29 is 19.1 Å². The number of rotatable bonds is 5. The molecule has 28 heavy (non-hydrogen) atoms. The van der Waals surface area contributed by atoms with Crippen LogP contribution < -0.4 is 5.32 Å². The van der Waals surface area contributed by atoms with Crippen molar-refractivity contribution in [3.8, 4) is 0 Å². The minimum atomic E-state index is -1.33. The quantitative estimate of drug-likeness (QED) is 0.830. The van der Waals surface area contributed by atoms with Crippen molar-refractivity contribution in [3.05, 3.63) is 59.5 Å². The summed E-state index contributed by atoms with van der Waals surface area (Å²) in [4.78, 5) is 27.8. The van der Waals surface area contributed by atoms with E-state index in [1.807, 2.05) is 18.2 Å². The maximum absolute atomic E-state index is 13.1. The number of piperidine rings is 1. The van der Waals surface area contributed by atoms with Crippen LogP contribution in [-0.2, 0) is 10.4 Å². The summed E-state index contributed by atoms with van der Waals surface area (Å²) in [6, 6.07) is 12.5. The number of aliphatic hydroxyl groups is 1. The van der Waals surface area contributed by atoms with Gasteiger partial charge in [0.25, 0.3) is 5.91 Å². The number of hydrogen-bond acceptors (Lipinski definition) is 4. The Labute approximate surface area is 165 Å². The first kappa shape index (κ1) is 20.1. The molecule has 0 aliphatic carbocycles. The summed E-state index contributed by atoms with van der Waals surface area (Å²) in [7, 11) is 0. The van der Waals surface area contributed by atoms with E-state index in [1.54, 1.807) is 49.9 Å². The lowest BCUT2D eigenvalue weighted by molar-refractivity contribution is -0.134. The molecule has 1 fully saturated rings. The average Bonchev–Trinajstić information content (AvgIpc) is 3.14. The van der Waals surface area contributed by atoms with Crippen LogP contribution in [0.4, 0.5) is 0 Å². The lowest BCUT2D eigenvalue weighted by atomic mass is 9.86. The molecule has 0 saturated carbocycles. The molecule has 150 valence electrons. The molecule has 1 saturated heterocycles. The molecule has 1 aromatic carbocycles. The lowest BCUT2D eigenvalue weighted by Gasteiger charge is -2.44. The number of amides is 2. The fraction of sp³-hybridized carbons (Fsp3) is 0.455. The van der Waals surface area contributed by atoms with Crippen molar-refractivity contribution in [2.24, 2.45) is 0 Å². The third-order valence-corrected chi connectivity index (χ3v) is 5.51. The normalized spacial score (nSPS) is 21.8. The van der Waals surface area contributed by atoms with Crippen molar-refractivity contribution >= 4 is 11.8 Å². The molecule has 3 rings (SSSR count). The third-order valence-electron chi connectivity index (χ3n) is 5.51. The maximum atomic E-state index is 13.1. The van der Waals surface area contributed by atoms with E-state index in [0.29, 0.717) is 30.0 Å². The van der Waals surface area contributed by atoms with Crippen LogP contribution in [0.1, 0.15) is 55.0 Å². The fourth-order valence-electron chi connectivity index (χ4n) is 3.67. The Kier molecular flexibility index (Phi) is 5.61. The number of furan rings is 1. The van der Waals surface area contributed by atoms with Gasteiger partial charge in [0, 0.05) is 12.1 Å². The van der Waals surface area contributed by atoms with Crippen LogP contribution in [0, 0.1) is 6.92 Å². The second kappa shape index (κ2) is 7.80. The summed E-state index contributed by atoms with van der Waals surface area (Å²) in [5.74, 6) is 0.684. The van der Waals surface area contributed by atoms with Gasteiger partial charge in [-0.2, -0.15) is 0 Å². The first-order valence-corrected chi connectivity index (χ1v) is 9.69. The molecular weight excluding hydrogens is 356 g/mol. The molecule has 6 nitrogen and oxygen atoms in total. The summed E-state index contributed by atoms with van der Waals surface area (Å²) in [5.41, 5.74) is -1.72. The van der Waals surface area contributed by atoms with Gasteiger partial charge in [-0.05, 0) is 64.3 Å². The van der Waals surface area contributed by atoms with Crippen LogP contribution >= 0.6 is 0 Å². The van der Waals surface area contributed by atoms with Gasteiger partial charge in [-0.25, -0.2) is 0 Å². The van der Waals surface area contributed by atoms with Crippen LogP contribution in [0.5, 0.6) is 0 Å². The number of nitrogens with one attached hydrogen (secondary N) is 1. The zero-order valence-electron chi connectivity index (χ0n) is 16.7. The highest BCUT2D eigenvalue weighted by Crippen LogP contribution is 2.30. The number of carbonyl (C=O) groups excluding carboxylic acids is 2. The number of likely N-dealkylation sites (tertiary alicyclic amines) is 1. The largest absolute Gasteiger partial charge is 0.463 e. The van der Waals surface area contributed by atoms with E-state index in [1.165, 1.54) is 0 Å². The minimum absolute atomic E-state index is 0.00173. The number of benzene rings is 1. The van der Waals surface area contributed by atoms with Crippen LogP contribution in [0.2, 0.25) is 0 Å². The summed E-state index contributed by atoms with van der Waals surface area (Å²) in [5, 5.41) is 13.5. The van der Waals surface area contributed by atoms with Crippen molar-refractivity contribution in [1.29, 1.82) is 0 Å². The Morgan fingerprint density at radius 1 is 1.21 bits per heavy atom. The first-order chi connectivity index (χ1) is 13.2. The Bertz CT molecular complexity index is 843. The SMILES string of the molecule is Cc1ccc([C@@](C)(O)CNC(=O)[C@@]2(C)CCCCN2C(=O)c2ccccc2)o1. The van der Waals surface area contributed by atoms with Crippen molar-refractivity contribution in [1.82, 2.24) is 10.2 Å². The number of carbonyl (C=O) groups is 2. The fourth-order valence-corrected chi connectivity index (χ4v) is 3.67. The summed E-state index contributed by atoms with van der Waals surface area (Å²) in [6.45, 7) is 5.73. The number of aryl methyl sites for hydroxylation is 1. The molecule has 2 aromatic rings. The van der Waals surface area contributed by atoms with Crippen molar-refractivity contribution in [2.75, 3.05) is 13.1 Å². The molecule has 0 radical (unpaired) electrons. The highest BCUT2D eigenvalue weighted by molar-refractivity contribution is 5.99. The van der Waals surface area contributed by atoms with E-state index >= 15 is 0 Å². The lowest BCUT2D eigenvalue weighted by Crippen LogP contribution is -2.61. The predicted molar refractivity (Wildman–Crippen MR) is 106 cm³/mol. The van der Waals surface area contributed by atoms with E-state index in [9.17, 15) is 14.7 Å². The molecule has 0 bridgehead atoms. The second-order valence-electron chi connectivity index (χ2n) is 7.92. The standard InChI is InChI=1S/C22H28N2O4/c1-16-11-12-18(28-16)22(3,27)15-23-20(26)21(2)13-7-8-14-24(21)19(25)17-9-5-4-6-10-17/h4-6,9-12,27H,7-8,13-15H2,1-3H3,(H,23,26)/t21-,22+/m1/s1. The Balaban J connectivity index is 1.75. The van der Waals surface area contributed by atoms with Gasteiger partial charge in [0.2, 0.25) is 5.91 Å². The molecule has 1 aliphatic rings. The van der Waals surface area contributed by atoms with E-state index < -0.39 is 11.1 Å². The van der Waals surface area contributed by atoms with Gasteiger partial charge in [0.15, 0.2) is 0 Å². The van der Waals surface area contributed by atoms with Crippen molar-refractivity contribution in [3.63, 3.8) is 0 Å². The summed E-state index contributed by atoms with van der Waals surface area (Å²) < 4.78 is 5.50. The second-order valence-corrected chi connectivity index (χ2v) is 7.92. The van der Waals surface area contributed by atoms with Gasteiger partial charge < -0.3 is 19.7 Å². The van der Waals surface area contributed by atoms with E-state index in [0.717, 1.165) is 12.8 Å². The number of nitrogens with zero attached hydrogens (tertiary/aromatic N) is 1. The van der Waals surface area contributed by atoms with Gasteiger partial charge in [-0.15, -0.1) is 0 Å². The summed E-state index contributed by atoms with van der Waals surface area (Å²) in [6.07, 6.45) is 2.32. The van der Waals surface area contributed by atoms with E-state index in [2.05, 4.69) is 5.32 Å². The molecule has 2 heterocycles. The molecule has 2 atom stereocenters. The molecule has 2 amide bonds. The number of hydrogen-bond donors (Lipinski definition) is 2. The third kappa shape index (κ3) is 3.97. The smallest absolute Gasteiger partial charge is 0.254 e. The monoisotopic (exact) mass is 384 g/mol. The van der Waals surface area contributed by atoms with Crippen LogP contribution in [0.3, 0.4) is 0 Å². The molecule has 1 aromatic heterocycles. The van der Waals surface area contributed by atoms with Gasteiger partial charge in [-0.1, -0.05) is 18.2 Å². The van der Waals surface area contributed by atoms with Gasteiger partial charge >= 0.3 is 0 Å². The van der Waals surface area contributed by atoms with Gasteiger partial charge in [-0.3, -0.25) is 9.59 Å². The van der Waals surface area contributed by atoms with E-state index in [-0.39, 0.29) is 18.4 Å². The Morgan fingerprint density at radius 3 is 2.57 bits per heavy atom. The van der Waals surface area contributed by atoms with Gasteiger partial charge in [0.05, 0.1) is 6.54 Å². The first-order valence-electron chi connectivity index (χ1n) is 9.69. The zero-order chi connectivity index (χ0) is 20.4. The van der Waals surface area contributed by atoms with E-state index in [4.69, 9.17) is 4.42 Å². The maximum Gasteiger partial charge on any atom is 0.254 e. The Morgan fingerprint density at radius 2 is 1.93 bits per heavy atom. The van der Waals surface area contributed by atoms with Crippen LogP contribution in [-0.4, -0.2) is 40.4 Å². The minimum Gasteiger partial charge on any atom is -0.463 e. The van der Waals surface area contributed by atoms with Crippen LogP contribution in [0.25, 0.3) is 0 Å². The van der Waals surface area contributed by atoms with Crippen LogP contribution in [0.15, 0.2) is 46.9 Å². The predicted octanol–water partition coefficient (Wildman–Crippen LogP) is 3.00. The highest BCUT2D eigenvalue weighted by Gasteiger charge is 2.44.